The maximum Gasteiger partial charge on any atom is 0.307 e. The number of aromatic nitrogens is 1. The average molecular weight is 354 g/mol. The molecule has 0 spiro atoms. The van der Waals surface area contributed by atoms with Crippen LogP contribution in [0.5, 0.6) is 0 Å². The molecule has 8 heteroatoms. The van der Waals surface area contributed by atoms with E-state index in [0.717, 1.165) is 5.69 Å². The molecule has 0 atom stereocenters. The van der Waals surface area contributed by atoms with Gasteiger partial charge in [-0.25, -0.2) is 0 Å². The molecule has 7 nitrogen and oxygen atoms in total. The highest BCUT2D eigenvalue weighted by molar-refractivity contribution is 7.07. The molecular weight excluding hydrogens is 328 g/mol. The van der Waals surface area contributed by atoms with E-state index in [9.17, 15) is 14.4 Å². The number of thiazole rings is 1. The molecule has 134 valence electrons. The van der Waals surface area contributed by atoms with Gasteiger partial charge in [0, 0.05) is 56.3 Å². The van der Waals surface area contributed by atoms with Gasteiger partial charge in [0.2, 0.25) is 11.8 Å². The molecule has 1 aliphatic heterocycles. The highest BCUT2D eigenvalue weighted by atomic mass is 32.1. The van der Waals surface area contributed by atoms with Crippen LogP contribution < -0.4 is 10.2 Å². The van der Waals surface area contributed by atoms with Crippen molar-refractivity contribution in [3.05, 3.63) is 20.7 Å². The third kappa shape index (κ3) is 5.17. The van der Waals surface area contributed by atoms with Crippen LogP contribution in [0, 0.1) is 6.92 Å². The van der Waals surface area contributed by atoms with Crippen LogP contribution in [0.4, 0.5) is 0 Å². The van der Waals surface area contributed by atoms with Gasteiger partial charge in [0.1, 0.15) is 0 Å². The van der Waals surface area contributed by atoms with E-state index in [-0.39, 0.29) is 22.7 Å². The lowest BCUT2D eigenvalue weighted by Crippen LogP contribution is -2.51. The zero-order chi connectivity index (χ0) is 17.7. The molecule has 0 aromatic carbocycles. The van der Waals surface area contributed by atoms with Crippen LogP contribution in [-0.4, -0.2) is 64.9 Å². The van der Waals surface area contributed by atoms with E-state index in [1.165, 1.54) is 11.3 Å². The summed E-state index contributed by atoms with van der Waals surface area (Å²) in [5.74, 6) is 0.0934. The Balaban J connectivity index is 1.74. The number of carbonyl (C=O) groups excluding carboxylic acids is 2. The minimum Gasteiger partial charge on any atom is -0.353 e. The molecule has 0 unspecified atom stereocenters. The molecule has 0 saturated carbocycles. The van der Waals surface area contributed by atoms with Crippen LogP contribution in [-0.2, 0) is 16.1 Å². The lowest BCUT2D eigenvalue weighted by molar-refractivity contribution is -0.133. The molecular formula is C16H26N4O3S. The zero-order valence-corrected chi connectivity index (χ0v) is 15.4. The SMILES string of the molecule is Cc1csc(=O)n1CCC(=O)N1CCN(CC(=O)NC(C)C)CC1. The monoisotopic (exact) mass is 354 g/mol. The van der Waals surface area contributed by atoms with Gasteiger partial charge in [0.15, 0.2) is 0 Å². The van der Waals surface area contributed by atoms with Crippen molar-refractivity contribution in [3.8, 4) is 0 Å². The quantitative estimate of drug-likeness (QED) is 0.796. The molecule has 2 amide bonds. The Hall–Kier alpha value is -1.67. The highest BCUT2D eigenvalue weighted by Crippen LogP contribution is 2.06. The number of nitrogens with zero attached hydrogens (tertiary/aromatic N) is 3. The number of carbonyl (C=O) groups is 2. The smallest absolute Gasteiger partial charge is 0.307 e. The first kappa shape index (κ1) is 18.7. The Morgan fingerprint density at radius 2 is 1.92 bits per heavy atom. The fraction of sp³-hybridized carbons (Fsp3) is 0.688. The predicted octanol–water partition coefficient (Wildman–Crippen LogP) is 0.277. The Morgan fingerprint density at radius 1 is 1.25 bits per heavy atom. The summed E-state index contributed by atoms with van der Waals surface area (Å²) in [6, 6.07) is 0.143. The summed E-state index contributed by atoms with van der Waals surface area (Å²) in [6.45, 7) is 9.24. The molecule has 1 saturated heterocycles. The maximum absolute atomic E-state index is 12.3. The predicted molar refractivity (Wildman–Crippen MR) is 94.2 cm³/mol. The van der Waals surface area contributed by atoms with Crippen LogP contribution in [0.15, 0.2) is 10.2 Å². The van der Waals surface area contributed by atoms with Gasteiger partial charge < -0.3 is 14.8 Å². The Morgan fingerprint density at radius 3 is 2.46 bits per heavy atom. The number of amides is 2. The minimum atomic E-state index is -0.0127. The van der Waals surface area contributed by atoms with Crippen LogP contribution in [0.3, 0.4) is 0 Å². The van der Waals surface area contributed by atoms with Crippen LogP contribution >= 0.6 is 11.3 Å². The molecule has 0 aliphatic carbocycles. The molecule has 2 rings (SSSR count). The molecule has 1 aromatic rings. The lowest BCUT2D eigenvalue weighted by Gasteiger charge is -2.34. The third-order valence-electron chi connectivity index (χ3n) is 4.07. The van der Waals surface area contributed by atoms with Crippen molar-refractivity contribution in [2.75, 3.05) is 32.7 Å². The second kappa shape index (κ2) is 8.43. The standard InChI is InChI=1S/C16H26N4O3S/c1-12(2)17-14(21)10-18-6-8-19(9-7-18)15(22)4-5-20-13(3)11-24-16(20)23/h11-12H,4-10H2,1-3H3,(H,17,21). The van der Waals surface area contributed by atoms with Crippen LogP contribution in [0.2, 0.25) is 0 Å². The topological polar surface area (TPSA) is 74.7 Å². The van der Waals surface area contributed by atoms with Crippen molar-refractivity contribution in [1.29, 1.82) is 0 Å². The first-order chi connectivity index (χ1) is 11.4. The van der Waals surface area contributed by atoms with Crippen LogP contribution in [0.1, 0.15) is 26.0 Å². The maximum atomic E-state index is 12.3. The number of nitrogens with one attached hydrogen (secondary N) is 1. The van der Waals surface area contributed by atoms with Gasteiger partial charge in [0.05, 0.1) is 6.54 Å². The van der Waals surface area contributed by atoms with Crippen LogP contribution in [0.25, 0.3) is 0 Å². The zero-order valence-electron chi connectivity index (χ0n) is 14.6. The van der Waals surface area contributed by atoms with Gasteiger partial charge >= 0.3 is 4.87 Å². The van der Waals surface area contributed by atoms with Gasteiger partial charge in [-0.2, -0.15) is 0 Å². The van der Waals surface area contributed by atoms with E-state index in [2.05, 4.69) is 10.2 Å². The summed E-state index contributed by atoms with van der Waals surface area (Å²) in [5, 5.41) is 4.69. The number of aryl methyl sites for hydroxylation is 1. The van der Waals surface area contributed by atoms with E-state index in [1.54, 1.807) is 4.57 Å². The number of piperazine rings is 1. The van der Waals surface area contributed by atoms with E-state index in [4.69, 9.17) is 0 Å². The van der Waals surface area contributed by atoms with E-state index < -0.39 is 0 Å². The first-order valence-electron chi connectivity index (χ1n) is 8.31. The van der Waals surface area contributed by atoms with Gasteiger partial charge in [-0.1, -0.05) is 11.3 Å². The van der Waals surface area contributed by atoms with Gasteiger partial charge in [-0.05, 0) is 20.8 Å². The number of hydrogen-bond acceptors (Lipinski definition) is 5. The van der Waals surface area contributed by atoms with E-state index in [0.29, 0.717) is 45.7 Å². The summed E-state index contributed by atoms with van der Waals surface area (Å²) in [5.41, 5.74) is 0.902. The molecule has 1 N–H and O–H groups in total. The summed E-state index contributed by atoms with van der Waals surface area (Å²) < 4.78 is 1.65. The molecule has 0 bridgehead atoms. The van der Waals surface area contributed by atoms with E-state index >= 15 is 0 Å². The fourth-order valence-electron chi connectivity index (χ4n) is 2.77. The van der Waals surface area contributed by atoms with Crippen molar-refractivity contribution >= 4 is 23.2 Å². The van der Waals surface area contributed by atoms with Gasteiger partial charge in [0.25, 0.3) is 0 Å². The Labute approximate surface area is 146 Å². The molecule has 0 radical (unpaired) electrons. The number of rotatable bonds is 6. The second-order valence-corrected chi connectivity index (χ2v) is 7.24. The molecule has 1 aromatic heterocycles. The molecule has 2 heterocycles. The molecule has 1 aliphatic rings. The van der Waals surface area contributed by atoms with Crippen molar-refractivity contribution in [1.82, 2.24) is 19.7 Å². The normalized spacial score (nSPS) is 15.8. The lowest BCUT2D eigenvalue weighted by atomic mass is 10.2. The largest absolute Gasteiger partial charge is 0.353 e. The van der Waals surface area contributed by atoms with Gasteiger partial charge in [-0.15, -0.1) is 0 Å². The second-order valence-electron chi connectivity index (χ2n) is 6.42. The Bertz CT molecular complexity index is 630. The van der Waals surface area contributed by atoms with E-state index in [1.807, 2.05) is 31.1 Å². The average Bonchev–Trinajstić information content (AvgIpc) is 2.83. The number of hydrogen-bond donors (Lipinski definition) is 1. The summed E-state index contributed by atoms with van der Waals surface area (Å²) in [4.78, 5) is 39.6. The van der Waals surface area contributed by atoms with Crippen molar-refractivity contribution in [2.24, 2.45) is 0 Å². The van der Waals surface area contributed by atoms with Gasteiger partial charge in [-0.3, -0.25) is 19.3 Å². The van der Waals surface area contributed by atoms with Crippen molar-refractivity contribution < 1.29 is 9.59 Å². The molecule has 24 heavy (non-hydrogen) atoms. The minimum absolute atomic E-state index is 0.0127. The first-order valence-corrected chi connectivity index (χ1v) is 9.19. The third-order valence-corrected chi connectivity index (χ3v) is 4.95. The highest BCUT2D eigenvalue weighted by Gasteiger charge is 2.22. The van der Waals surface area contributed by atoms with Crippen molar-refractivity contribution in [2.45, 2.75) is 39.8 Å². The molecule has 1 fully saturated rings. The Kier molecular flexibility index (Phi) is 6.56. The summed E-state index contributed by atoms with van der Waals surface area (Å²) in [7, 11) is 0. The fourth-order valence-corrected chi connectivity index (χ4v) is 3.53. The summed E-state index contributed by atoms with van der Waals surface area (Å²) >= 11 is 1.17. The summed E-state index contributed by atoms with van der Waals surface area (Å²) in [6.07, 6.45) is 0.339. The van der Waals surface area contributed by atoms with Crippen molar-refractivity contribution in [3.63, 3.8) is 0 Å².